The van der Waals surface area contributed by atoms with E-state index in [4.69, 9.17) is 33.5 Å². The van der Waals surface area contributed by atoms with E-state index in [1.807, 2.05) is 6.92 Å². The molecule has 2 heterocycles. The fourth-order valence-corrected chi connectivity index (χ4v) is 14.3. The summed E-state index contributed by atoms with van der Waals surface area (Å²) in [7, 11) is 0. The molecule has 0 unspecified atom stereocenters. The van der Waals surface area contributed by atoms with Gasteiger partial charge in [0.25, 0.3) is 0 Å². The molecule has 1 aliphatic carbocycles. The molecule has 8 rings (SSSR count). The van der Waals surface area contributed by atoms with Crippen LogP contribution < -0.4 is 96.6 Å². The molecular weight excluding hydrogens is 1760 g/mol. The van der Waals surface area contributed by atoms with Crippen LogP contribution in [-0.2, 0) is 91.3 Å². The standard InChI is InChI=1S/C91H111N19O23S/c1-6-7-34-95-81(122)68(110-87(128)67(41-54-39-52-16-11-12-17-62(52)101-54)104-74(115)33-36-97-91(134)102-53-21-26-58(61(40-53)88(129)130)78-59-27-24-56(112)42-71(59)133-72-43-57(113)25-28-60(72)78)44-75(116)103-64(30-32-77(118)119)83(124)100-48(4)79(120)99-49(5)80(121)108-66(38-50-19-22-55(111)23-20-50)86(127)107-65(29-31-73(92)114)85(126)106-63(18-13-35-96-90(93)94)84(125)109-69(82(123)98-46-51-14-9-8-10-15-51)45-76(117)105-70(89(131)132)37-47(2)3/h8-12,14-17,19-28,39-40,42-43,47-49,63-70,101,111-112H,6-7,13,18,29-38,41,44-46H2,1-5H3,(H2,92,114)(H,95,122)(H,98,123)(H,99,120)(H,100,124)(H,103,116)(H,104,115)(H,105,117)(H,106,126)(H,107,127)(H,108,121)(H,109,125)(H,110,128)(H,118,119)(H,129,130)(H,131,132)(H4,93,94,96)(H2,97,102,134)/t48-,49-,63-,64-,65-,66-,67-,68-,69-,70-/m0/s1. The summed E-state index contributed by atoms with van der Waals surface area (Å²) in [4.78, 5) is 236. The van der Waals surface area contributed by atoms with Crippen LogP contribution in [0.15, 0.2) is 149 Å². The lowest BCUT2D eigenvalue weighted by Crippen LogP contribution is -2.60. The van der Waals surface area contributed by atoms with Gasteiger partial charge in [0.1, 0.15) is 83.3 Å². The van der Waals surface area contributed by atoms with Crippen LogP contribution in [0.4, 0.5) is 5.69 Å². The number of carboxylic acids is 3. The molecule has 1 aromatic heterocycles. The summed E-state index contributed by atoms with van der Waals surface area (Å²) >= 11 is 5.55. The molecule has 13 amide bonds. The van der Waals surface area contributed by atoms with Gasteiger partial charge in [-0.15, -0.1) is 0 Å². The summed E-state index contributed by atoms with van der Waals surface area (Å²) in [6.45, 7) is 7.39. The maximum absolute atomic E-state index is 14.7. The Morgan fingerprint density at radius 1 is 0.478 bits per heavy atom. The number of guanidine groups is 1. The third-order valence-corrected chi connectivity index (χ3v) is 21.3. The highest BCUT2D eigenvalue weighted by molar-refractivity contribution is 7.80. The topological polar surface area (TPSA) is 677 Å². The first-order chi connectivity index (χ1) is 63.7. The minimum atomic E-state index is -1.77. The van der Waals surface area contributed by atoms with Crippen molar-refractivity contribution >= 4 is 146 Å². The molecule has 10 atom stereocenters. The zero-order valence-corrected chi connectivity index (χ0v) is 74.8. The zero-order valence-electron chi connectivity index (χ0n) is 74.0. The van der Waals surface area contributed by atoms with Crippen LogP contribution in [-0.4, -0.2) is 216 Å². The highest BCUT2D eigenvalue weighted by Crippen LogP contribution is 2.42. The monoisotopic (exact) mass is 1870 g/mol. The van der Waals surface area contributed by atoms with E-state index in [9.17, 15) is 107 Å². The number of amides is 13. The van der Waals surface area contributed by atoms with Crippen molar-refractivity contribution in [3.05, 3.63) is 172 Å². The number of phenolic OH excluding ortho intramolecular Hbond substituents is 2. The number of benzene rings is 6. The SMILES string of the molecule is CCCCNC(=O)[C@H](CC(=O)N[C@@H](CCC(=O)O)C(=O)N[C@@H](C)C(=O)N[C@@H](C)C(=O)N[C@@H](Cc1ccc(O)cc1)C(=O)N[C@@H](CCC(N)=O)C(=O)N[C@@H](CCCNC(=N)N)C(=O)N[C@@H](CC(=O)N[C@@H](CC(C)C)C(=O)O)C(=O)NCc1ccccc1)NC(=O)[C@H](Cc1cc2ccccc2[nH]1)NC(=O)CCNC(=S)Nc1ccc(-c2c3ccc(=O)cc-3oc3cc(O)ccc23)c(C(=O)O)c1. The number of primary amides is 1. The highest BCUT2D eigenvalue weighted by atomic mass is 32.1. The summed E-state index contributed by atoms with van der Waals surface area (Å²) in [6, 6.07) is 19.0. The molecular formula is C91H111N19O23S. The molecule has 0 saturated heterocycles. The fourth-order valence-electron chi connectivity index (χ4n) is 14.1. The number of unbranched alkanes of at least 4 members (excludes halogenated alkanes) is 1. The number of carbonyl (C=O) groups is 16. The first-order valence-corrected chi connectivity index (χ1v) is 43.5. The lowest BCUT2D eigenvalue weighted by molar-refractivity contribution is -0.142. The van der Waals surface area contributed by atoms with Crippen molar-refractivity contribution in [2.45, 2.75) is 191 Å². The molecule has 26 N–H and O–H groups in total. The fraction of sp³-hybridized carbons (Fsp3) is 0.374. The molecule has 2 aliphatic rings. The largest absolute Gasteiger partial charge is 0.508 e. The number of thiocarbonyl (C=S) groups is 1. The van der Waals surface area contributed by atoms with Gasteiger partial charge in [0.05, 0.1) is 18.4 Å². The molecule has 1 aliphatic heterocycles. The Morgan fingerprint density at radius 2 is 1.02 bits per heavy atom. The van der Waals surface area contributed by atoms with Crippen LogP contribution in [0.25, 0.3) is 44.3 Å². The van der Waals surface area contributed by atoms with Crippen molar-refractivity contribution in [3.63, 3.8) is 0 Å². The van der Waals surface area contributed by atoms with Crippen molar-refractivity contribution < 1.29 is 107 Å². The van der Waals surface area contributed by atoms with E-state index in [1.54, 1.807) is 86.6 Å². The molecule has 0 spiro atoms. The quantitative estimate of drug-likeness (QED) is 0.00849. The number of aromatic nitrogens is 1. The first-order valence-electron chi connectivity index (χ1n) is 43.1. The summed E-state index contributed by atoms with van der Waals surface area (Å²) in [6.07, 6.45) is -4.38. The zero-order chi connectivity index (χ0) is 98.0. The minimum Gasteiger partial charge on any atom is -0.508 e. The molecule has 0 saturated carbocycles. The third kappa shape index (κ3) is 32.8. The van der Waals surface area contributed by atoms with Gasteiger partial charge in [-0.05, 0) is 153 Å². The Balaban J connectivity index is 0.932. The Bertz CT molecular complexity index is 5620. The van der Waals surface area contributed by atoms with Gasteiger partial charge < -0.3 is 126 Å². The smallest absolute Gasteiger partial charge is 0.336 e. The van der Waals surface area contributed by atoms with Gasteiger partial charge in [-0.2, -0.15) is 0 Å². The Kier molecular flexibility index (Phi) is 39.2. The lowest BCUT2D eigenvalue weighted by Gasteiger charge is -2.27. The summed E-state index contributed by atoms with van der Waals surface area (Å²) in [5.41, 5.74) is 14.0. The number of carboxylic acid groups (broad SMARTS) is 3. The van der Waals surface area contributed by atoms with Gasteiger partial charge in [-0.1, -0.05) is 93.9 Å². The van der Waals surface area contributed by atoms with Crippen LogP contribution in [0.3, 0.4) is 0 Å². The van der Waals surface area contributed by atoms with Crippen LogP contribution >= 0.6 is 12.2 Å². The van der Waals surface area contributed by atoms with Crippen LogP contribution in [0.5, 0.6) is 11.5 Å². The van der Waals surface area contributed by atoms with Gasteiger partial charge in [0.2, 0.25) is 76.8 Å². The predicted molar refractivity (Wildman–Crippen MR) is 493 cm³/mol. The molecule has 0 fully saturated rings. The number of rotatable bonds is 51. The normalized spacial score (nSPS) is 13.3. The Morgan fingerprint density at radius 3 is 1.64 bits per heavy atom. The number of phenols is 2. The average molecular weight is 1870 g/mol. The number of aromatic amines is 1. The lowest BCUT2D eigenvalue weighted by atomic mass is 9.90. The number of hydrogen-bond acceptors (Lipinski definition) is 22. The van der Waals surface area contributed by atoms with Gasteiger partial charge in [-0.25, -0.2) is 9.59 Å². The highest BCUT2D eigenvalue weighted by Gasteiger charge is 2.37. The summed E-state index contributed by atoms with van der Waals surface area (Å²) in [5, 5.41) is 97.9. The number of nitrogens with one attached hydrogen (secondary N) is 17. The number of aromatic hydroxyl groups is 2. The molecule has 6 aromatic rings. The predicted octanol–water partition coefficient (Wildman–Crippen LogP) is 1.74. The number of carbonyl (C=O) groups excluding carboxylic acids is 13. The number of aliphatic carboxylic acids is 2. The van der Waals surface area contributed by atoms with Crippen molar-refractivity contribution in [2.75, 3.05) is 25.0 Å². The minimum absolute atomic E-state index is 0.00334. The molecule has 0 bridgehead atoms. The van der Waals surface area contributed by atoms with Gasteiger partial charge in [-0.3, -0.25) is 77.3 Å². The second-order valence-electron chi connectivity index (χ2n) is 32.2. The maximum atomic E-state index is 14.7. The molecule has 5 aromatic carbocycles. The van der Waals surface area contributed by atoms with Gasteiger partial charge in [0, 0.05) is 104 Å². The van der Waals surface area contributed by atoms with E-state index >= 15 is 0 Å². The molecule has 134 heavy (non-hydrogen) atoms. The van der Waals surface area contributed by atoms with E-state index in [2.05, 4.69) is 84.7 Å². The van der Waals surface area contributed by atoms with Gasteiger partial charge >= 0.3 is 17.9 Å². The Labute approximate surface area is 773 Å². The van der Waals surface area contributed by atoms with Crippen molar-refractivity contribution in [1.29, 1.82) is 5.41 Å². The summed E-state index contributed by atoms with van der Waals surface area (Å²) < 4.78 is 5.94. The van der Waals surface area contributed by atoms with Crippen molar-refractivity contribution in [1.82, 2.24) is 79.4 Å². The van der Waals surface area contributed by atoms with E-state index in [-0.39, 0.29) is 114 Å². The number of nitrogens with two attached hydrogens (primary N) is 2. The van der Waals surface area contributed by atoms with Crippen molar-refractivity contribution in [3.8, 4) is 33.9 Å². The third-order valence-electron chi connectivity index (χ3n) is 21.0. The van der Waals surface area contributed by atoms with E-state index in [0.29, 0.717) is 51.7 Å². The number of aromatic carboxylic acids is 1. The average Bonchev–Trinajstić information content (AvgIpc) is 0.752. The molecule has 714 valence electrons. The van der Waals surface area contributed by atoms with Gasteiger partial charge in [0.15, 0.2) is 16.5 Å². The number of H-pyrrole nitrogens is 1. The Hall–Kier alpha value is -15.6. The van der Waals surface area contributed by atoms with E-state index in [1.165, 1.54) is 73.7 Å². The number of hydrogen-bond donors (Lipinski definition) is 24. The second kappa shape index (κ2) is 50.6. The van der Waals surface area contributed by atoms with Crippen LogP contribution in [0, 0.1) is 11.3 Å². The number of anilines is 1. The number of para-hydroxylation sites is 1. The number of fused-ring (bicyclic) bond motifs is 3. The van der Waals surface area contributed by atoms with E-state index < -0.39 is 206 Å². The van der Waals surface area contributed by atoms with Crippen LogP contribution in [0.1, 0.15) is 139 Å². The second-order valence-corrected chi connectivity index (χ2v) is 32.6. The first kappa shape index (κ1) is 104. The molecule has 0 radical (unpaired) electrons. The van der Waals surface area contributed by atoms with Crippen LogP contribution in [0.2, 0.25) is 0 Å². The summed E-state index contributed by atoms with van der Waals surface area (Å²) in [5.74, 6) is -18.0. The maximum Gasteiger partial charge on any atom is 0.336 e. The van der Waals surface area contributed by atoms with Crippen molar-refractivity contribution in [2.24, 2.45) is 17.4 Å². The molecule has 42 nitrogen and oxygen atoms in total. The molecule has 43 heteroatoms. The van der Waals surface area contributed by atoms with E-state index in [0.717, 1.165) is 12.3 Å².